The van der Waals surface area contributed by atoms with Crippen LogP contribution in [0.25, 0.3) is 0 Å². The third-order valence-electron chi connectivity index (χ3n) is 2.69. The van der Waals surface area contributed by atoms with E-state index in [4.69, 9.17) is 11.6 Å². The first-order chi connectivity index (χ1) is 9.56. The van der Waals surface area contributed by atoms with Crippen molar-refractivity contribution in [3.05, 3.63) is 69.2 Å². The lowest BCUT2D eigenvalue weighted by atomic mass is 10.1. The van der Waals surface area contributed by atoms with Gasteiger partial charge in [-0.05, 0) is 48.9 Å². The molecule has 0 atom stereocenters. The van der Waals surface area contributed by atoms with E-state index in [1.165, 1.54) is 0 Å². The Hall–Kier alpha value is -1.65. The average Bonchev–Trinajstić information content (AvgIpc) is 2.46. The second kappa shape index (κ2) is 6.68. The number of nitrogens with one attached hydrogen (secondary N) is 1. The minimum atomic E-state index is -0.245. The van der Waals surface area contributed by atoms with Gasteiger partial charge >= 0.3 is 0 Å². The normalized spacial score (nSPS) is 11.2. The molecule has 0 bridgehead atoms. The van der Waals surface area contributed by atoms with Crippen molar-refractivity contribution in [2.24, 2.45) is 5.10 Å². The van der Waals surface area contributed by atoms with Crippen LogP contribution in [0.15, 0.2) is 58.1 Å². The summed E-state index contributed by atoms with van der Waals surface area (Å²) in [6.07, 6.45) is 0. The van der Waals surface area contributed by atoms with Crippen LogP contribution in [-0.2, 0) is 0 Å². The number of hydrogen-bond donors (Lipinski definition) is 1. The highest BCUT2D eigenvalue weighted by molar-refractivity contribution is 9.10. The first-order valence-electron chi connectivity index (χ1n) is 5.92. The molecule has 1 N–H and O–H groups in total. The van der Waals surface area contributed by atoms with E-state index in [2.05, 4.69) is 26.5 Å². The van der Waals surface area contributed by atoms with Crippen LogP contribution in [0.1, 0.15) is 22.8 Å². The summed E-state index contributed by atoms with van der Waals surface area (Å²) in [6, 6.07) is 14.4. The lowest BCUT2D eigenvalue weighted by molar-refractivity contribution is 0.0955. The number of benzene rings is 2. The molecule has 0 spiro atoms. The minimum absolute atomic E-state index is 0.245. The fourth-order valence-electron chi connectivity index (χ4n) is 1.56. The van der Waals surface area contributed by atoms with Crippen LogP contribution in [0.4, 0.5) is 0 Å². The van der Waals surface area contributed by atoms with E-state index in [1.807, 2.05) is 31.2 Å². The number of carbonyl (C=O) groups excluding carboxylic acids is 1. The molecule has 3 nitrogen and oxygen atoms in total. The molecule has 0 radical (unpaired) electrons. The maximum Gasteiger partial charge on any atom is 0.271 e. The summed E-state index contributed by atoms with van der Waals surface area (Å²) in [5.74, 6) is -0.245. The molecule has 0 saturated heterocycles. The van der Waals surface area contributed by atoms with E-state index in [-0.39, 0.29) is 5.91 Å². The van der Waals surface area contributed by atoms with Gasteiger partial charge in [-0.3, -0.25) is 4.79 Å². The lowest BCUT2D eigenvalue weighted by Crippen LogP contribution is -2.19. The molecule has 102 valence electrons. The van der Waals surface area contributed by atoms with Crippen molar-refractivity contribution in [1.29, 1.82) is 0 Å². The molecule has 0 aliphatic heterocycles. The smallest absolute Gasteiger partial charge is 0.267 e. The minimum Gasteiger partial charge on any atom is -0.267 e. The fraction of sp³-hybridized carbons (Fsp3) is 0.0667. The maximum atomic E-state index is 11.9. The number of nitrogens with zero attached hydrogens (tertiary/aromatic N) is 1. The van der Waals surface area contributed by atoms with Gasteiger partial charge in [-0.25, -0.2) is 5.43 Å². The second-order valence-electron chi connectivity index (χ2n) is 4.15. The molecular weight excluding hydrogens is 340 g/mol. The SMILES string of the molecule is C/C(=N\NC(=O)c1ccc(Br)cc1)c1ccc(Cl)cc1. The lowest BCUT2D eigenvalue weighted by Gasteiger charge is -2.03. The monoisotopic (exact) mass is 350 g/mol. The van der Waals surface area contributed by atoms with Crippen molar-refractivity contribution >= 4 is 39.1 Å². The van der Waals surface area contributed by atoms with Crippen LogP contribution in [0.2, 0.25) is 5.02 Å². The summed E-state index contributed by atoms with van der Waals surface area (Å²) < 4.78 is 0.926. The van der Waals surface area contributed by atoms with Crippen molar-refractivity contribution in [2.45, 2.75) is 6.92 Å². The zero-order chi connectivity index (χ0) is 14.5. The number of hydrogen-bond acceptors (Lipinski definition) is 2. The highest BCUT2D eigenvalue weighted by atomic mass is 79.9. The predicted molar refractivity (Wildman–Crippen MR) is 85.3 cm³/mol. The summed E-state index contributed by atoms with van der Waals surface area (Å²) in [7, 11) is 0. The van der Waals surface area contributed by atoms with E-state index < -0.39 is 0 Å². The molecule has 0 aliphatic rings. The van der Waals surface area contributed by atoms with Crippen molar-refractivity contribution in [2.75, 3.05) is 0 Å². The fourth-order valence-corrected chi connectivity index (χ4v) is 1.95. The van der Waals surface area contributed by atoms with Gasteiger partial charge < -0.3 is 0 Å². The number of amides is 1. The molecule has 1 amide bonds. The van der Waals surface area contributed by atoms with Crippen LogP contribution in [0.5, 0.6) is 0 Å². The molecule has 0 saturated carbocycles. The van der Waals surface area contributed by atoms with Gasteiger partial charge in [-0.1, -0.05) is 39.7 Å². The number of hydrazone groups is 1. The largest absolute Gasteiger partial charge is 0.271 e. The molecule has 5 heteroatoms. The van der Waals surface area contributed by atoms with Crippen LogP contribution in [-0.4, -0.2) is 11.6 Å². The highest BCUT2D eigenvalue weighted by Crippen LogP contribution is 2.11. The molecule has 2 aromatic rings. The van der Waals surface area contributed by atoms with Gasteiger partial charge in [0, 0.05) is 15.1 Å². The summed E-state index contributed by atoms with van der Waals surface area (Å²) in [5, 5.41) is 4.75. The third-order valence-corrected chi connectivity index (χ3v) is 3.47. The zero-order valence-corrected chi connectivity index (χ0v) is 13.1. The number of halogens is 2. The third kappa shape index (κ3) is 3.92. The van der Waals surface area contributed by atoms with E-state index in [0.29, 0.717) is 16.3 Å². The van der Waals surface area contributed by atoms with E-state index in [0.717, 1.165) is 10.0 Å². The second-order valence-corrected chi connectivity index (χ2v) is 5.50. The van der Waals surface area contributed by atoms with Gasteiger partial charge in [0.1, 0.15) is 0 Å². The Labute approximate surface area is 130 Å². The van der Waals surface area contributed by atoms with Crippen LogP contribution in [0.3, 0.4) is 0 Å². The maximum absolute atomic E-state index is 11.9. The van der Waals surface area contributed by atoms with E-state index >= 15 is 0 Å². The summed E-state index contributed by atoms with van der Waals surface area (Å²) in [5.41, 5.74) is 4.71. The van der Waals surface area contributed by atoms with E-state index in [1.54, 1.807) is 24.3 Å². The van der Waals surface area contributed by atoms with Crippen molar-refractivity contribution in [3.63, 3.8) is 0 Å². The van der Waals surface area contributed by atoms with Gasteiger partial charge in [0.15, 0.2) is 0 Å². The molecule has 0 unspecified atom stereocenters. The molecule has 0 aromatic heterocycles. The van der Waals surface area contributed by atoms with Crippen LogP contribution in [0, 0.1) is 0 Å². The standard InChI is InChI=1S/C15H12BrClN2O/c1-10(11-4-8-14(17)9-5-11)18-19-15(20)12-2-6-13(16)7-3-12/h2-9H,1H3,(H,19,20)/b18-10+. The van der Waals surface area contributed by atoms with Crippen LogP contribution >= 0.6 is 27.5 Å². The van der Waals surface area contributed by atoms with Gasteiger partial charge in [0.25, 0.3) is 5.91 Å². The Morgan fingerprint density at radius 1 is 1.05 bits per heavy atom. The quantitative estimate of drug-likeness (QED) is 0.651. The average molecular weight is 352 g/mol. The molecular formula is C15H12BrClN2O. The first-order valence-corrected chi connectivity index (χ1v) is 7.09. The van der Waals surface area contributed by atoms with Gasteiger partial charge in [0.2, 0.25) is 0 Å². The van der Waals surface area contributed by atoms with E-state index in [9.17, 15) is 4.79 Å². The molecule has 2 rings (SSSR count). The summed E-state index contributed by atoms with van der Waals surface area (Å²) in [6.45, 7) is 1.82. The highest BCUT2D eigenvalue weighted by Gasteiger charge is 2.04. The molecule has 0 fully saturated rings. The Morgan fingerprint density at radius 2 is 1.60 bits per heavy atom. The van der Waals surface area contributed by atoms with Crippen molar-refractivity contribution in [1.82, 2.24) is 5.43 Å². The van der Waals surface area contributed by atoms with Crippen LogP contribution < -0.4 is 5.43 Å². The Balaban J connectivity index is 2.06. The molecule has 20 heavy (non-hydrogen) atoms. The Morgan fingerprint density at radius 3 is 2.20 bits per heavy atom. The topological polar surface area (TPSA) is 41.5 Å². The number of carbonyl (C=O) groups is 1. The zero-order valence-electron chi connectivity index (χ0n) is 10.7. The van der Waals surface area contributed by atoms with Gasteiger partial charge in [0.05, 0.1) is 5.71 Å². The first kappa shape index (κ1) is 14.8. The van der Waals surface area contributed by atoms with Crippen molar-refractivity contribution in [3.8, 4) is 0 Å². The van der Waals surface area contributed by atoms with Crippen molar-refractivity contribution < 1.29 is 4.79 Å². The molecule has 0 heterocycles. The Bertz CT molecular complexity index is 636. The summed E-state index contributed by atoms with van der Waals surface area (Å²) >= 11 is 9.15. The molecule has 2 aromatic carbocycles. The predicted octanol–water partition coefficient (Wildman–Crippen LogP) is 4.26. The molecule has 0 aliphatic carbocycles. The number of rotatable bonds is 3. The summed E-state index contributed by atoms with van der Waals surface area (Å²) in [4.78, 5) is 11.9. The van der Waals surface area contributed by atoms with Gasteiger partial charge in [-0.15, -0.1) is 0 Å². The van der Waals surface area contributed by atoms with Gasteiger partial charge in [-0.2, -0.15) is 5.10 Å². The Kier molecular flexibility index (Phi) is 4.93.